The molecule has 3 rings (SSSR count). The van der Waals surface area contributed by atoms with Gasteiger partial charge in [-0.05, 0) is 24.3 Å². The Morgan fingerprint density at radius 2 is 2.16 bits per heavy atom. The summed E-state index contributed by atoms with van der Waals surface area (Å²) in [5.41, 5.74) is 2.15. The van der Waals surface area contributed by atoms with Crippen molar-refractivity contribution in [2.24, 2.45) is 0 Å². The molecule has 4 nitrogen and oxygen atoms in total. The zero-order valence-corrected chi connectivity index (χ0v) is 11.6. The SMILES string of the molecule is CCC(=O)c1ccc(-c2c(Cl)ccc3nsnc23)o1. The van der Waals surface area contributed by atoms with E-state index in [4.69, 9.17) is 16.0 Å². The van der Waals surface area contributed by atoms with Gasteiger partial charge in [0.2, 0.25) is 0 Å². The molecule has 0 fully saturated rings. The second-order valence-electron chi connectivity index (χ2n) is 3.99. The van der Waals surface area contributed by atoms with E-state index < -0.39 is 0 Å². The second-order valence-corrected chi connectivity index (χ2v) is 4.93. The molecule has 0 spiro atoms. The molecule has 19 heavy (non-hydrogen) atoms. The summed E-state index contributed by atoms with van der Waals surface area (Å²) >= 11 is 7.33. The zero-order chi connectivity index (χ0) is 13.4. The van der Waals surface area contributed by atoms with Crippen molar-refractivity contribution in [2.45, 2.75) is 13.3 Å². The van der Waals surface area contributed by atoms with E-state index in [9.17, 15) is 4.79 Å². The van der Waals surface area contributed by atoms with E-state index in [0.717, 1.165) is 17.2 Å². The van der Waals surface area contributed by atoms with Gasteiger partial charge in [-0.2, -0.15) is 8.75 Å². The van der Waals surface area contributed by atoms with Crippen LogP contribution in [0.2, 0.25) is 5.02 Å². The molecule has 0 amide bonds. The van der Waals surface area contributed by atoms with Crippen LogP contribution in [-0.2, 0) is 0 Å². The average Bonchev–Trinajstić information content (AvgIpc) is 3.06. The monoisotopic (exact) mass is 292 g/mol. The van der Waals surface area contributed by atoms with Gasteiger partial charge in [-0.3, -0.25) is 4.79 Å². The summed E-state index contributed by atoms with van der Waals surface area (Å²) in [4.78, 5) is 11.6. The summed E-state index contributed by atoms with van der Waals surface area (Å²) < 4.78 is 14.0. The van der Waals surface area contributed by atoms with Gasteiger partial charge in [0.05, 0.1) is 22.3 Å². The summed E-state index contributed by atoms with van der Waals surface area (Å²) in [5.74, 6) is 0.847. The van der Waals surface area contributed by atoms with Gasteiger partial charge >= 0.3 is 0 Å². The van der Waals surface area contributed by atoms with Crippen LogP contribution in [0.1, 0.15) is 23.9 Å². The first-order valence-corrected chi connectivity index (χ1v) is 6.85. The minimum Gasteiger partial charge on any atom is -0.453 e. The Kier molecular flexibility index (Phi) is 3.08. The van der Waals surface area contributed by atoms with Crippen LogP contribution in [0, 0.1) is 0 Å². The third kappa shape index (κ3) is 2.05. The molecule has 0 saturated carbocycles. The van der Waals surface area contributed by atoms with Gasteiger partial charge in [-0.1, -0.05) is 18.5 Å². The van der Waals surface area contributed by atoms with Crippen molar-refractivity contribution in [3.63, 3.8) is 0 Å². The maximum atomic E-state index is 11.6. The lowest BCUT2D eigenvalue weighted by atomic mass is 10.1. The Bertz CT molecular complexity index is 763. The van der Waals surface area contributed by atoms with Crippen LogP contribution in [0.15, 0.2) is 28.7 Å². The Morgan fingerprint density at radius 1 is 1.32 bits per heavy atom. The molecule has 2 aromatic heterocycles. The molecule has 0 unspecified atom stereocenters. The van der Waals surface area contributed by atoms with E-state index >= 15 is 0 Å². The van der Waals surface area contributed by atoms with E-state index in [1.54, 1.807) is 25.1 Å². The Labute approximate surface area is 118 Å². The topological polar surface area (TPSA) is 56.0 Å². The highest BCUT2D eigenvalue weighted by Crippen LogP contribution is 2.35. The number of carbonyl (C=O) groups excluding carboxylic acids is 1. The van der Waals surface area contributed by atoms with Crippen LogP contribution >= 0.6 is 23.3 Å². The second kappa shape index (κ2) is 4.75. The van der Waals surface area contributed by atoms with Gasteiger partial charge in [0, 0.05) is 6.42 Å². The fourth-order valence-corrected chi connectivity index (χ4v) is 2.65. The highest BCUT2D eigenvalue weighted by molar-refractivity contribution is 7.00. The first-order chi connectivity index (χ1) is 9.20. The molecule has 3 aromatic rings. The lowest BCUT2D eigenvalue weighted by Crippen LogP contribution is -1.92. The van der Waals surface area contributed by atoms with Gasteiger partial charge < -0.3 is 4.42 Å². The number of Topliss-reactive ketones (excluding diaryl/α,β-unsaturated/α-hetero) is 1. The number of fused-ring (bicyclic) bond motifs is 1. The zero-order valence-electron chi connectivity index (χ0n) is 10.0. The molecule has 0 aliphatic heterocycles. The number of halogens is 1. The lowest BCUT2D eigenvalue weighted by molar-refractivity contribution is 0.0962. The summed E-state index contributed by atoms with van der Waals surface area (Å²) in [6.07, 6.45) is 0.406. The van der Waals surface area contributed by atoms with Crippen molar-refractivity contribution in [3.8, 4) is 11.3 Å². The van der Waals surface area contributed by atoms with Gasteiger partial charge in [0.1, 0.15) is 16.8 Å². The molecular formula is C13H9ClN2O2S. The third-order valence-corrected chi connectivity index (χ3v) is 3.68. The number of rotatable bonds is 3. The quantitative estimate of drug-likeness (QED) is 0.679. The lowest BCUT2D eigenvalue weighted by Gasteiger charge is -2.01. The van der Waals surface area contributed by atoms with Crippen molar-refractivity contribution in [1.82, 2.24) is 8.75 Å². The normalized spacial score (nSPS) is 11.1. The van der Waals surface area contributed by atoms with Crippen LogP contribution in [0.4, 0.5) is 0 Å². The molecular weight excluding hydrogens is 284 g/mol. The number of aromatic nitrogens is 2. The van der Waals surface area contributed by atoms with E-state index in [-0.39, 0.29) is 5.78 Å². The van der Waals surface area contributed by atoms with Crippen molar-refractivity contribution in [1.29, 1.82) is 0 Å². The van der Waals surface area contributed by atoms with Gasteiger partial charge in [0.15, 0.2) is 11.5 Å². The maximum absolute atomic E-state index is 11.6. The molecule has 0 aliphatic carbocycles. The molecule has 0 radical (unpaired) electrons. The van der Waals surface area contributed by atoms with E-state index in [1.807, 2.05) is 6.07 Å². The van der Waals surface area contributed by atoms with Crippen LogP contribution in [0.3, 0.4) is 0 Å². The number of hydrogen-bond acceptors (Lipinski definition) is 5. The fourth-order valence-electron chi connectivity index (χ4n) is 1.86. The van der Waals surface area contributed by atoms with Crippen LogP contribution in [0.5, 0.6) is 0 Å². The molecule has 0 N–H and O–H groups in total. The molecule has 0 aliphatic rings. The van der Waals surface area contributed by atoms with Crippen molar-refractivity contribution < 1.29 is 9.21 Å². The van der Waals surface area contributed by atoms with Gasteiger partial charge in [-0.15, -0.1) is 0 Å². The van der Waals surface area contributed by atoms with Crippen LogP contribution in [0.25, 0.3) is 22.4 Å². The molecule has 2 heterocycles. The number of furan rings is 1. The van der Waals surface area contributed by atoms with Crippen molar-refractivity contribution in [3.05, 3.63) is 35.0 Å². The minimum absolute atomic E-state index is 0.0362. The summed E-state index contributed by atoms with van der Waals surface area (Å²) in [6, 6.07) is 6.97. The fraction of sp³-hybridized carbons (Fsp3) is 0.154. The highest BCUT2D eigenvalue weighted by atomic mass is 35.5. The van der Waals surface area contributed by atoms with Crippen LogP contribution in [-0.4, -0.2) is 14.5 Å². The molecule has 0 atom stereocenters. The van der Waals surface area contributed by atoms with Gasteiger partial charge in [-0.25, -0.2) is 0 Å². The maximum Gasteiger partial charge on any atom is 0.197 e. The minimum atomic E-state index is -0.0362. The Balaban J connectivity index is 2.18. The van der Waals surface area contributed by atoms with Crippen molar-refractivity contribution >= 4 is 40.1 Å². The number of nitrogens with zero attached hydrogens (tertiary/aromatic N) is 2. The molecule has 0 saturated heterocycles. The van der Waals surface area contributed by atoms with E-state index in [0.29, 0.717) is 34.0 Å². The summed E-state index contributed by atoms with van der Waals surface area (Å²) in [7, 11) is 0. The summed E-state index contributed by atoms with van der Waals surface area (Å²) in [5, 5.41) is 0.532. The number of hydrogen-bond donors (Lipinski definition) is 0. The third-order valence-electron chi connectivity index (χ3n) is 2.83. The molecule has 0 bridgehead atoms. The number of ketones is 1. The Morgan fingerprint density at radius 3 is 2.95 bits per heavy atom. The van der Waals surface area contributed by atoms with Crippen molar-refractivity contribution in [2.75, 3.05) is 0 Å². The van der Waals surface area contributed by atoms with E-state index in [2.05, 4.69) is 8.75 Å². The van der Waals surface area contributed by atoms with E-state index in [1.165, 1.54) is 0 Å². The van der Waals surface area contributed by atoms with Gasteiger partial charge in [0.25, 0.3) is 0 Å². The first kappa shape index (κ1) is 12.3. The Hall–Kier alpha value is -1.72. The largest absolute Gasteiger partial charge is 0.453 e. The first-order valence-electron chi connectivity index (χ1n) is 5.75. The average molecular weight is 293 g/mol. The predicted molar refractivity (Wildman–Crippen MR) is 74.7 cm³/mol. The molecule has 96 valence electrons. The summed E-state index contributed by atoms with van der Waals surface area (Å²) in [6.45, 7) is 1.79. The number of benzene rings is 1. The number of carbonyl (C=O) groups is 1. The van der Waals surface area contributed by atoms with Crippen LogP contribution < -0.4 is 0 Å². The highest BCUT2D eigenvalue weighted by Gasteiger charge is 2.17. The predicted octanol–water partition coefficient (Wildman–Crippen LogP) is 4.20. The molecule has 1 aromatic carbocycles. The molecule has 6 heteroatoms. The standard InChI is InChI=1S/C13H9ClN2O2S/c1-2-9(17)10-5-6-11(18-10)12-7(14)3-4-8-13(12)16-19-15-8/h3-6H,2H2,1H3. The smallest absolute Gasteiger partial charge is 0.197 e.